The lowest BCUT2D eigenvalue weighted by molar-refractivity contribution is -0.139. The van der Waals surface area contributed by atoms with Crippen LogP contribution in [0.3, 0.4) is 0 Å². The SMILES string of the molecule is C=C(C)C(=O)OCCCCCCCCCC[Si]C(F)F. The maximum atomic E-state index is 11.9. The number of hydrogen-bond donors (Lipinski definition) is 0. The van der Waals surface area contributed by atoms with Gasteiger partial charge in [-0.3, -0.25) is 0 Å². The highest BCUT2D eigenvalue weighted by Crippen LogP contribution is 2.10. The number of carbonyl (C=O) groups is 1. The summed E-state index contributed by atoms with van der Waals surface area (Å²) in [6.07, 6.45) is 8.58. The average Bonchev–Trinajstić information content (AvgIpc) is 2.39. The number of rotatable bonds is 13. The zero-order valence-corrected chi connectivity index (χ0v) is 13.4. The fourth-order valence-corrected chi connectivity index (χ4v) is 2.46. The van der Waals surface area contributed by atoms with Crippen molar-refractivity contribution in [1.29, 1.82) is 0 Å². The molecule has 0 aromatic carbocycles. The van der Waals surface area contributed by atoms with Gasteiger partial charge in [0, 0.05) is 5.57 Å². The van der Waals surface area contributed by atoms with Crippen molar-refractivity contribution in [3.63, 3.8) is 0 Å². The summed E-state index contributed by atoms with van der Waals surface area (Å²) in [5.74, 6) is -0.311. The molecule has 0 spiro atoms. The Kier molecular flexibility index (Phi) is 12.8. The second-order valence-corrected chi connectivity index (χ2v) is 6.34. The van der Waals surface area contributed by atoms with E-state index in [1.54, 1.807) is 6.92 Å². The second kappa shape index (κ2) is 13.3. The first kappa shape index (κ1) is 19.3. The van der Waals surface area contributed by atoms with Gasteiger partial charge in [-0.25, -0.2) is 13.6 Å². The zero-order chi connectivity index (χ0) is 15.2. The number of halogens is 2. The maximum absolute atomic E-state index is 11.9. The van der Waals surface area contributed by atoms with Crippen LogP contribution in [-0.2, 0) is 9.53 Å². The van der Waals surface area contributed by atoms with Crippen molar-refractivity contribution in [3.8, 4) is 0 Å². The lowest BCUT2D eigenvalue weighted by Gasteiger charge is -2.04. The van der Waals surface area contributed by atoms with Gasteiger partial charge in [-0.2, -0.15) is 0 Å². The second-order valence-electron chi connectivity index (χ2n) is 5.00. The van der Waals surface area contributed by atoms with E-state index in [2.05, 4.69) is 6.58 Å². The number of ether oxygens (including phenoxy) is 1. The summed E-state index contributed by atoms with van der Waals surface area (Å²) in [5.41, 5.74) is 0.442. The molecule has 0 bridgehead atoms. The smallest absolute Gasteiger partial charge is 0.333 e. The van der Waals surface area contributed by atoms with E-state index in [1.807, 2.05) is 0 Å². The van der Waals surface area contributed by atoms with E-state index in [4.69, 9.17) is 4.74 Å². The standard InChI is InChI=1S/C15H26F2O2Si/c1-13(2)14(18)19-11-9-7-5-3-4-6-8-10-12-20-15(16)17/h15H,1,3-12H2,2H3. The van der Waals surface area contributed by atoms with Crippen molar-refractivity contribution in [2.24, 2.45) is 0 Å². The summed E-state index contributed by atoms with van der Waals surface area (Å²) in [6.45, 7) is 5.63. The van der Waals surface area contributed by atoms with Crippen molar-refractivity contribution in [1.82, 2.24) is 0 Å². The van der Waals surface area contributed by atoms with Gasteiger partial charge in [0.05, 0.1) is 6.61 Å². The molecule has 116 valence electrons. The highest BCUT2D eigenvalue weighted by molar-refractivity contribution is 6.36. The molecule has 5 heteroatoms. The first-order valence-corrected chi connectivity index (χ1v) is 8.66. The summed E-state index contributed by atoms with van der Waals surface area (Å²) in [5, 5.41) is 0. The molecule has 0 atom stereocenters. The molecule has 0 aliphatic rings. The molecule has 0 aromatic heterocycles. The van der Waals surface area contributed by atoms with E-state index in [0.717, 1.165) is 38.5 Å². The minimum Gasteiger partial charge on any atom is -0.462 e. The summed E-state index contributed by atoms with van der Waals surface area (Å²) < 4.78 is 28.8. The topological polar surface area (TPSA) is 26.3 Å². The molecule has 2 nitrogen and oxygen atoms in total. The first-order chi connectivity index (χ1) is 9.54. The highest BCUT2D eigenvalue weighted by atomic mass is 28.2. The van der Waals surface area contributed by atoms with E-state index in [9.17, 15) is 13.6 Å². The van der Waals surface area contributed by atoms with Gasteiger partial charge in [0.1, 0.15) is 9.52 Å². The van der Waals surface area contributed by atoms with Gasteiger partial charge in [0.25, 0.3) is 0 Å². The third-order valence-corrected chi connectivity index (χ3v) is 3.90. The van der Waals surface area contributed by atoms with Crippen LogP contribution >= 0.6 is 0 Å². The van der Waals surface area contributed by atoms with Crippen molar-refractivity contribution >= 4 is 15.5 Å². The molecule has 0 amide bonds. The van der Waals surface area contributed by atoms with Crippen molar-refractivity contribution < 1.29 is 18.3 Å². The van der Waals surface area contributed by atoms with Gasteiger partial charge in [0.2, 0.25) is 6.05 Å². The quantitative estimate of drug-likeness (QED) is 0.216. The van der Waals surface area contributed by atoms with E-state index < -0.39 is 6.05 Å². The van der Waals surface area contributed by atoms with Gasteiger partial charge in [-0.1, -0.05) is 57.6 Å². The van der Waals surface area contributed by atoms with Gasteiger partial charge in [0.15, 0.2) is 0 Å². The number of carbonyl (C=O) groups excluding carboxylic acids is 1. The van der Waals surface area contributed by atoms with Crippen molar-refractivity contribution in [3.05, 3.63) is 12.2 Å². The van der Waals surface area contributed by atoms with E-state index in [1.165, 1.54) is 12.8 Å². The normalized spacial score (nSPS) is 10.8. The molecule has 0 heterocycles. The van der Waals surface area contributed by atoms with Crippen molar-refractivity contribution in [2.75, 3.05) is 6.61 Å². The van der Waals surface area contributed by atoms with Gasteiger partial charge < -0.3 is 4.74 Å². The third-order valence-electron chi connectivity index (χ3n) is 2.95. The molecule has 0 saturated carbocycles. The molecule has 0 unspecified atom stereocenters. The van der Waals surface area contributed by atoms with Crippen LogP contribution in [-0.4, -0.2) is 28.1 Å². The van der Waals surface area contributed by atoms with Crippen LogP contribution in [0.25, 0.3) is 0 Å². The average molecular weight is 304 g/mol. The Bertz CT molecular complexity index is 271. The molecule has 2 radical (unpaired) electrons. The predicted octanol–water partition coefficient (Wildman–Crippen LogP) is 4.57. The number of alkyl halides is 2. The summed E-state index contributed by atoms with van der Waals surface area (Å²) in [6, 6.07) is -1.44. The van der Waals surface area contributed by atoms with Gasteiger partial charge >= 0.3 is 5.97 Å². The first-order valence-electron chi connectivity index (χ1n) is 7.38. The minimum absolute atomic E-state index is 0.185. The number of esters is 1. The highest BCUT2D eigenvalue weighted by Gasteiger charge is 2.03. The summed E-state index contributed by atoms with van der Waals surface area (Å²) in [4.78, 5) is 11.1. The Balaban J connectivity index is 3.10. The number of hydrogen-bond acceptors (Lipinski definition) is 2. The van der Waals surface area contributed by atoms with Crippen LogP contribution < -0.4 is 0 Å². The molecule has 0 fully saturated rings. The third kappa shape index (κ3) is 13.7. The Morgan fingerprint density at radius 2 is 1.55 bits per heavy atom. The van der Waals surface area contributed by atoms with E-state index in [-0.39, 0.29) is 15.5 Å². The Morgan fingerprint density at radius 3 is 2.05 bits per heavy atom. The molecular formula is C15H26F2O2Si. The van der Waals surface area contributed by atoms with Crippen LogP contribution in [0.5, 0.6) is 0 Å². The molecule has 0 N–H and O–H groups in total. The summed E-state index contributed by atoms with van der Waals surface area (Å²) in [7, 11) is -0.185. The molecule has 0 aromatic rings. The van der Waals surface area contributed by atoms with Crippen LogP contribution in [0.1, 0.15) is 58.3 Å². The Morgan fingerprint density at radius 1 is 1.05 bits per heavy atom. The van der Waals surface area contributed by atoms with Crippen LogP contribution in [0.15, 0.2) is 12.2 Å². The number of unbranched alkanes of at least 4 members (excludes halogenated alkanes) is 7. The Hall–Kier alpha value is -0.713. The monoisotopic (exact) mass is 304 g/mol. The molecule has 0 saturated heterocycles. The van der Waals surface area contributed by atoms with E-state index >= 15 is 0 Å². The van der Waals surface area contributed by atoms with Crippen LogP contribution in [0, 0.1) is 0 Å². The summed E-state index contributed by atoms with van der Waals surface area (Å²) >= 11 is 0. The van der Waals surface area contributed by atoms with Gasteiger partial charge in [-0.05, 0) is 13.3 Å². The molecular weight excluding hydrogens is 278 g/mol. The van der Waals surface area contributed by atoms with Crippen molar-refractivity contribution in [2.45, 2.75) is 70.4 Å². The lowest BCUT2D eigenvalue weighted by Crippen LogP contribution is -2.05. The fourth-order valence-electron chi connectivity index (χ4n) is 1.79. The van der Waals surface area contributed by atoms with E-state index in [0.29, 0.717) is 18.2 Å². The largest absolute Gasteiger partial charge is 0.462 e. The Labute approximate surface area is 123 Å². The van der Waals surface area contributed by atoms with Crippen LogP contribution in [0.4, 0.5) is 8.78 Å². The predicted molar refractivity (Wildman–Crippen MR) is 79.3 cm³/mol. The van der Waals surface area contributed by atoms with Gasteiger partial charge in [-0.15, -0.1) is 0 Å². The lowest BCUT2D eigenvalue weighted by atomic mass is 10.1. The fraction of sp³-hybridized carbons (Fsp3) is 0.800. The maximum Gasteiger partial charge on any atom is 0.333 e. The molecule has 0 aliphatic carbocycles. The molecule has 20 heavy (non-hydrogen) atoms. The minimum atomic E-state index is -2.12. The zero-order valence-electron chi connectivity index (χ0n) is 12.4. The molecule has 0 rings (SSSR count). The van der Waals surface area contributed by atoms with Crippen LogP contribution in [0.2, 0.25) is 6.04 Å². The molecule has 0 aliphatic heterocycles.